The summed E-state index contributed by atoms with van der Waals surface area (Å²) in [5.74, 6) is 0. The van der Waals surface area contributed by atoms with Crippen LogP contribution < -0.4 is 5.46 Å². The Morgan fingerprint density at radius 2 is 1.59 bits per heavy atom. The van der Waals surface area contributed by atoms with Crippen molar-refractivity contribution in [3.63, 3.8) is 0 Å². The van der Waals surface area contributed by atoms with Gasteiger partial charge in [-0.1, -0.05) is 42.5 Å². The van der Waals surface area contributed by atoms with Gasteiger partial charge in [-0.2, -0.15) is 0 Å². The Hall–Kier alpha value is -1.67. The molecule has 7 heteroatoms. The van der Waals surface area contributed by atoms with Crippen LogP contribution in [0.25, 0.3) is 0 Å². The van der Waals surface area contributed by atoms with E-state index in [1.54, 1.807) is 61.6 Å². The Balaban J connectivity index is 2.02. The first-order chi connectivity index (χ1) is 10.4. The molecule has 0 bridgehead atoms. The molecular formula is C15H18BNO4S. The Labute approximate surface area is 131 Å². The highest BCUT2D eigenvalue weighted by atomic mass is 32.2. The average Bonchev–Trinajstić information content (AvgIpc) is 2.53. The number of hydrogen-bond acceptors (Lipinski definition) is 4. The normalized spacial score (nSPS) is 11.6. The van der Waals surface area contributed by atoms with Gasteiger partial charge in [-0.25, -0.2) is 12.7 Å². The molecule has 22 heavy (non-hydrogen) atoms. The zero-order chi connectivity index (χ0) is 16.2. The first-order valence-corrected chi connectivity index (χ1v) is 8.31. The smallest absolute Gasteiger partial charge is 0.423 e. The summed E-state index contributed by atoms with van der Waals surface area (Å²) in [4.78, 5) is 0.274. The van der Waals surface area contributed by atoms with Crippen molar-refractivity contribution in [1.82, 2.24) is 4.31 Å². The lowest BCUT2D eigenvalue weighted by atomic mass is 9.80. The summed E-state index contributed by atoms with van der Waals surface area (Å²) in [6.45, 7) is 0.345. The molecule has 0 saturated carbocycles. The molecule has 0 fully saturated rings. The first kappa shape index (κ1) is 16.7. The molecule has 0 radical (unpaired) electrons. The predicted octanol–water partition coefficient (Wildman–Crippen LogP) is 0.230. The Morgan fingerprint density at radius 3 is 2.14 bits per heavy atom. The number of nitrogens with zero attached hydrogens (tertiary/aromatic N) is 1. The van der Waals surface area contributed by atoms with Crippen LogP contribution in [0, 0.1) is 0 Å². The summed E-state index contributed by atoms with van der Waals surface area (Å²) >= 11 is 0. The van der Waals surface area contributed by atoms with E-state index in [9.17, 15) is 8.42 Å². The van der Waals surface area contributed by atoms with Crippen molar-refractivity contribution >= 4 is 22.6 Å². The molecule has 0 atom stereocenters. The molecular weight excluding hydrogens is 301 g/mol. The van der Waals surface area contributed by atoms with Gasteiger partial charge in [-0.3, -0.25) is 0 Å². The summed E-state index contributed by atoms with van der Waals surface area (Å²) in [6, 6.07) is 15.1. The van der Waals surface area contributed by atoms with Gasteiger partial charge in [0.2, 0.25) is 10.0 Å². The largest absolute Gasteiger partial charge is 0.488 e. The second-order valence-corrected chi connectivity index (χ2v) is 7.05. The van der Waals surface area contributed by atoms with Gasteiger partial charge < -0.3 is 10.0 Å². The van der Waals surface area contributed by atoms with Crippen LogP contribution in [0.1, 0.15) is 5.56 Å². The van der Waals surface area contributed by atoms with E-state index in [1.165, 1.54) is 4.31 Å². The van der Waals surface area contributed by atoms with Gasteiger partial charge in [-0.05, 0) is 29.6 Å². The quantitative estimate of drug-likeness (QED) is 0.747. The highest BCUT2D eigenvalue weighted by Gasteiger charge is 2.19. The maximum absolute atomic E-state index is 12.4. The Morgan fingerprint density at radius 1 is 1.00 bits per heavy atom. The van der Waals surface area contributed by atoms with Crippen LogP contribution in [0.3, 0.4) is 0 Å². The van der Waals surface area contributed by atoms with Crippen molar-refractivity contribution in [3.05, 3.63) is 60.2 Å². The third-order valence-electron chi connectivity index (χ3n) is 3.44. The van der Waals surface area contributed by atoms with E-state index in [2.05, 4.69) is 0 Å². The molecule has 0 spiro atoms. The van der Waals surface area contributed by atoms with Crippen molar-refractivity contribution < 1.29 is 18.5 Å². The summed E-state index contributed by atoms with van der Waals surface area (Å²) < 4.78 is 26.0. The van der Waals surface area contributed by atoms with Crippen molar-refractivity contribution in [2.24, 2.45) is 0 Å². The average molecular weight is 319 g/mol. The molecule has 0 saturated heterocycles. The van der Waals surface area contributed by atoms with Gasteiger partial charge in [0.05, 0.1) is 4.90 Å². The van der Waals surface area contributed by atoms with E-state index in [4.69, 9.17) is 10.0 Å². The van der Waals surface area contributed by atoms with Crippen LogP contribution >= 0.6 is 0 Å². The molecule has 2 rings (SSSR count). The van der Waals surface area contributed by atoms with E-state index < -0.39 is 17.1 Å². The van der Waals surface area contributed by atoms with Crippen LogP contribution in [0.15, 0.2) is 59.5 Å². The highest BCUT2D eigenvalue weighted by Crippen LogP contribution is 2.14. The minimum Gasteiger partial charge on any atom is -0.423 e. The molecule has 2 aromatic rings. The highest BCUT2D eigenvalue weighted by molar-refractivity contribution is 7.89. The van der Waals surface area contributed by atoms with Crippen molar-refractivity contribution in [2.45, 2.75) is 11.3 Å². The third kappa shape index (κ3) is 3.95. The topological polar surface area (TPSA) is 77.8 Å². The van der Waals surface area contributed by atoms with Crippen LogP contribution in [-0.2, 0) is 16.4 Å². The molecule has 5 nitrogen and oxygen atoms in total. The fourth-order valence-corrected chi connectivity index (χ4v) is 3.23. The molecule has 0 aliphatic rings. The second kappa shape index (κ2) is 7.06. The SMILES string of the molecule is CN(CCc1ccc(B(O)O)cc1)S(=O)(=O)c1ccccc1. The van der Waals surface area contributed by atoms with Crippen molar-refractivity contribution in [3.8, 4) is 0 Å². The van der Waals surface area contributed by atoms with E-state index in [0.717, 1.165) is 5.56 Å². The number of rotatable bonds is 6. The Kier molecular flexibility index (Phi) is 5.36. The van der Waals surface area contributed by atoms with E-state index in [1.807, 2.05) is 0 Å². The van der Waals surface area contributed by atoms with Gasteiger partial charge in [-0.15, -0.1) is 0 Å². The predicted molar refractivity (Wildman–Crippen MR) is 86.2 cm³/mol. The number of benzene rings is 2. The van der Waals surface area contributed by atoms with Crippen molar-refractivity contribution in [2.75, 3.05) is 13.6 Å². The molecule has 2 N–H and O–H groups in total. The fourth-order valence-electron chi connectivity index (χ4n) is 2.04. The van der Waals surface area contributed by atoms with E-state index >= 15 is 0 Å². The second-order valence-electron chi connectivity index (χ2n) is 5.00. The first-order valence-electron chi connectivity index (χ1n) is 6.87. The summed E-state index contributed by atoms with van der Waals surface area (Å²) in [5.41, 5.74) is 1.34. The van der Waals surface area contributed by atoms with Gasteiger partial charge in [0.25, 0.3) is 0 Å². The van der Waals surface area contributed by atoms with Crippen molar-refractivity contribution in [1.29, 1.82) is 0 Å². The fraction of sp³-hybridized carbons (Fsp3) is 0.200. The van der Waals surface area contributed by atoms with Gasteiger partial charge >= 0.3 is 7.12 Å². The minimum absolute atomic E-state index is 0.274. The van der Waals surface area contributed by atoms with Gasteiger partial charge in [0.1, 0.15) is 0 Å². The van der Waals surface area contributed by atoms with Crippen LogP contribution in [0.5, 0.6) is 0 Å². The monoisotopic (exact) mass is 319 g/mol. The molecule has 0 unspecified atom stereocenters. The standard InChI is InChI=1S/C15H18BNO4S/c1-17(22(20,21)15-5-3-2-4-6-15)12-11-13-7-9-14(10-8-13)16(18)19/h2-10,18-19H,11-12H2,1H3. The lowest BCUT2D eigenvalue weighted by Crippen LogP contribution is -2.30. The zero-order valence-electron chi connectivity index (χ0n) is 12.3. The summed E-state index contributed by atoms with van der Waals surface area (Å²) in [5, 5.41) is 18.1. The molecule has 2 aromatic carbocycles. The molecule has 0 aromatic heterocycles. The molecule has 0 amide bonds. The van der Waals surface area contributed by atoms with Crippen LogP contribution in [-0.4, -0.2) is 43.5 Å². The lowest BCUT2D eigenvalue weighted by molar-refractivity contribution is 0.426. The van der Waals surface area contributed by atoms with Gasteiger partial charge in [0.15, 0.2) is 0 Å². The summed E-state index contributed by atoms with van der Waals surface area (Å²) in [6.07, 6.45) is 0.546. The number of sulfonamides is 1. The molecule has 0 aliphatic heterocycles. The lowest BCUT2D eigenvalue weighted by Gasteiger charge is -2.17. The Bertz CT molecular complexity index is 702. The maximum Gasteiger partial charge on any atom is 0.488 e. The molecule has 0 aliphatic carbocycles. The molecule has 116 valence electrons. The van der Waals surface area contributed by atoms with E-state index in [0.29, 0.717) is 18.4 Å². The zero-order valence-corrected chi connectivity index (χ0v) is 13.1. The minimum atomic E-state index is -3.48. The van der Waals surface area contributed by atoms with E-state index in [-0.39, 0.29) is 4.90 Å². The summed E-state index contributed by atoms with van der Waals surface area (Å²) in [7, 11) is -3.42. The van der Waals surface area contributed by atoms with Crippen LogP contribution in [0.4, 0.5) is 0 Å². The molecule has 0 heterocycles. The van der Waals surface area contributed by atoms with Crippen LogP contribution in [0.2, 0.25) is 0 Å². The maximum atomic E-state index is 12.4. The number of hydrogen-bond donors (Lipinski definition) is 2. The number of likely N-dealkylation sites (N-methyl/N-ethyl adjacent to an activating group) is 1. The third-order valence-corrected chi connectivity index (χ3v) is 5.32. The van der Waals surface area contributed by atoms with Gasteiger partial charge in [0, 0.05) is 13.6 Å².